The SMILES string of the molecule is O=C(N/N=C/c1ccc2c(c1)OCO2)c1cc(Cl)cc(Cl)c1O. The molecule has 0 radical (unpaired) electrons. The summed E-state index contributed by atoms with van der Waals surface area (Å²) >= 11 is 11.6. The van der Waals surface area contributed by atoms with E-state index in [-0.39, 0.29) is 28.2 Å². The normalized spacial score (nSPS) is 12.6. The first-order valence-electron chi connectivity index (χ1n) is 6.45. The van der Waals surface area contributed by atoms with Crippen molar-refractivity contribution in [2.45, 2.75) is 0 Å². The van der Waals surface area contributed by atoms with Gasteiger partial charge < -0.3 is 14.6 Å². The molecule has 0 saturated carbocycles. The highest BCUT2D eigenvalue weighted by Crippen LogP contribution is 2.32. The molecule has 0 aliphatic carbocycles. The fraction of sp³-hybridized carbons (Fsp3) is 0.0667. The van der Waals surface area contributed by atoms with E-state index in [0.717, 1.165) is 0 Å². The van der Waals surface area contributed by atoms with Gasteiger partial charge in [0.1, 0.15) is 5.75 Å². The van der Waals surface area contributed by atoms with Crippen molar-refractivity contribution in [1.29, 1.82) is 0 Å². The Kier molecular flexibility index (Phi) is 4.27. The molecule has 118 valence electrons. The molecule has 0 bridgehead atoms. The Bertz CT molecular complexity index is 808. The van der Waals surface area contributed by atoms with E-state index >= 15 is 0 Å². The Morgan fingerprint density at radius 2 is 2.00 bits per heavy atom. The number of rotatable bonds is 3. The molecular formula is C15H10Cl2N2O4. The molecule has 0 fully saturated rings. The van der Waals surface area contributed by atoms with Crippen LogP contribution in [0.3, 0.4) is 0 Å². The zero-order valence-corrected chi connectivity index (χ0v) is 13.1. The Morgan fingerprint density at radius 3 is 2.83 bits per heavy atom. The van der Waals surface area contributed by atoms with Gasteiger partial charge in [0.15, 0.2) is 11.5 Å². The first-order valence-corrected chi connectivity index (χ1v) is 7.21. The van der Waals surface area contributed by atoms with E-state index < -0.39 is 5.91 Å². The second-order valence-electron chi connectivity index (χ2n) is 4.60. The van der Waals surface area contributed by atoms with Gasteiger partial charge in [-0.1, -0.05) is 23.2 Å². The molecule has 2 aromatic carbocycles. The topological polar surface area (TPSA) is 80.2 Å². The Hall–Kier alpha value is -2.44. The molecule has 0 unspecified atom stereocenters. The number of nitrogens with zero attached hydrogens (tertiary/aromatic N) is 1. The van der Waals surface area contributed by atoms with Crippen molar-refractivity contribution in [3.8, 4) is 17.2 Å². The van der Waals surface area contributed by atoms with Gasteiger partial charge in [0.05, 0.1) is 16.8 Å². The molecule has 1 heterocycles. The number of amides is 1. The number of aromatic hydroxyl groups is 1. The van der Waals surface area contributed by atoms with Gasteiger partial charge in [-0.3, -0.25) is 4.79 Å². The fourth-order valence-electron chi connectivity index (χ4n) is 1.96. The van der Waals surface area contributed by atoms with Gasteiger partial charge in [-0.25, -0.2) is 5.43 Å². The standard InChI is InChI=1S/C15H10Cl2N2O4/c16-9-4-10(14(20)11(17)5-9)15(21)19-18-6-8-1-2-12-13(3-8)23-7-22-12/h1-6,20H,7H2,(H,19,21)/b18-6+. The van der Waals surface area contributed by atoms with E-state index in [2.05, 4.69) is 10.5 Å². The molecule has 2 aromatic rings. The number of nitrogens with one attached hydrogen (secondary N) is 1. The van der Waals surface area contributed by atoms with Crippen molar-refractivity contribution >= 4 is 35.3 Å². The second-order valence-corrected chi connectivity index (χ2v) is 5.44. The lowest BCUT2D eigenvalue weighted by Gasteiger charge is -2.05. The largest absolute Gasteiger partial charge is 0.506 e. The molecular weight excluding hydrogens is 343 g/mol. The number of carbonyl (C=O) groups excluding carboxylic acids is 1. The summed E-state index contributed by atoms with van der Waals surface area (Å²) in [5.74, 6) is 0.278. The van der Waals surface area contributed by atoms with Crippen molar-refractivity contribution in [1.82, 2.24) is 5.43 Å². The third-order valence-corrected chi connectivity index (χ3v) is 3.56. The molecule has 1 aliphatic rings. The van der Waals surface area contributed by atoms with Gasteiger partial charge in [0.25, 0.3) is 5.91 Å². The summed E-state index contributed by atoms with van der Waals surface area (Å²) < 4.78 is 10.4. The summed E-state index contributed by atoms with van der Waals surface area (Å²) in [6.07, 6.45) is 1.43. The van der Waals surface area contributed by atoms with E-state index in [9.17, 15) is 9.90 Å². The maximum Gasteiger partial charge on any atom is 0.275 e. The van der Waals surface area contributed by atoms with Crippen LogP contribution in [-0.2, 0) is 0 Å². The van der Waals surface area contributed by atoms with Crippen molar-refractivity contribution in [3.05, 3.63) is 51.5 Å². The molecule has 3 rings (SSSR count). The van der Waals surface area contributed by atoms with Crippen molar-refractivity contribution in [3.63, 3.8) is 0 Å². The highest BCUT2D eigenvalue weighted by Gasteiger charge is 2.15. The summed E-state index contributed by atoms with van der Waals surface area (Å²) in [6, 6.07) is 7.87. The maximum atomic E-state index is 12.0. The van der Waals surface area contributed by atoms with E-state index in [0.29, 0.717) is 17.1 Å². The number of ether oxygens (including phenoxy) is 2. The van der Waals surface area contributed by atoms with Crippen molar-refractivity contribution in [2.75, 3.05) is 6.79 Å². The summed E-state index contributed by atoms with van der Waals surface area (Å²) in [6.45, 7) is 0.182. The van der Waals surface area contributed by atoms with E-state index in [1.807, 2.05) is 0 Å². The number of carbonyl (C=O) groups is 1. The number of fused-ring (bicyclic) bond motifs is 1. The van der Waals surface area contributed by atoms with Gasteiger partial charge in [-0.2, -0.15) is 5.10 Å². The highest BCUT2D eigenvalue weighted by molar-refractivity contribution is 6.36. The second kappa shape index (κ2) is 6.36. The molecule has 0 aromatic heterocycles. The smallest absolute Gasteiger partial charge is 0.275 e. The van der Waals surface area contributed by atoms with Crippen LogP contribution >= 0.6 is 23.2 Å². The maximum absolute atomic E-state index is 12.0. The number of phenols is 1. The lowest BCUT2D eigenvalue weighted by atomic mass is 10.2. The van der Waals surface area contributed by atoms with Crippen LogP contribution in [0, 0.1) is 0 Å². The molecule has 1 amide bonds. The van der Waals surface area contributed by atoms with Crippen LogP contribution in [0.4, 0.5) is 0 Å². The first kappa shape index (κ1) is 15.5. The van der Waals surface area contributed by atoms with Crippen molar-refractivity contribution < 1.29 is 19.4 Å². The summed E-state index contributed by atoms with van der Waals surface area (Å²) in [7, 11) is 0. The van der Waals surface area contributed by atoms with Crippen LogP contribution in [-0.4, -0.2) is 24.0 Å². The third kappa shape index (κ3) is 3.33. The van der Waals surface area contributed by atoms with Gasteiger partial charge in [-0.05, 0) is 35.9 Å². The third-order valence-electron chi connectivity index (χ3n) is 3.05. The predicted octanol–water partition coefficient (Wildman–Crippen LogP) is 3.19. The Morgan fingerprint density at radius 1 is 1.22 bits per heavy atom. The fourth-order valence-corrected chi connectivity index (χ4v) is 2.45. The van der Waals surface area contributed by atoms with Crippen LogP contribution in [0.25, 0.3) is 0 Å². The van der Waals surface area contributed by atoms with Crippen LogP contribution in [0.15, 0.2) is 35.4 Å². The molecule has 0 saturated heterocycles. The average Bonchev–Trinajstić information content (AvgIpc) is 2.98. The minimum atomic E-state index is -0.635. The van der Waals surface area contributed by atoms with Crippen molar-refractivity contribution in [2.24, 2.45) is 5.10 Å². The number of phenolic OH excluding ortho intramolecular Hbond substituents is 1. The Balaban J connectivity index is 1.72. The number of hydrogen-bond acceptors (Lipinski definition) is 5. The number of hydrazone groups is 1. The molecule has 1 aliphatic heterocycles. The number of halogens is 2. The molecule has 8 heteroatoms. The summed E-state index contributed by atoms with van der Waals surface area (Å²) in [5, 5.41) is 13.8. The van der Waals surface area contributed by atoms with Crippen LogP contribution < -0.4 is 14.9 Å². The minimum Gasteiger partial charge on any atom is -0.506 e. The molecule has 23 heavy (non-hydrogen) atoms. The van der Waals surface area contributed by atoms with Crippen LogP contribution in [0.2, 0.25) is 10.0 Å². The monoisotopic (exact) mass is 352 g/mol. The Labute approximate surface area is 141 Å². The molecule has 0 spiro atoms. The minimum absolute atomic E-state index is 0.0117. The summed E-state index contributed by atoms with van der Waals surface area (Å²) in [5.41, 5.74) is 2.94. The molecule has 0 atom stereocenters. The van der Waals surface area contributed by atoms with Gasteiger partial charge in [0.2, 0.25) is 6.79 Å². The predicted molar refractivity (Wildman–Crippen MR) is 85.8 cm³/mol. The lowest BCUT2D eigenvalue weighted by molar-refractivity contribution is 0.0952. The quantitative estimate of drug-likeness (QED) is 0.656. The molecule has 2 N–H and O–H groups in total. The van der Waals surface area contributed by atoms with Gasteiger partial charge in [-0.15, -0.1) is 0 Å². The van der Waals surface area contributed by atoms with E-state index in [1.165, 1.54) is 18.3 Å². The number of hydrogen-bond donors (Lipinski definition) is 2. The van der Waals surface area contributed by atoms with Crippen LogP contribution in [0.1, 0.15) is 15.9 Å². The van der Waals surface area contributed by atoms with Gasteiger partial charge in [0, 0.05) is 5.02 Å². The molecule has 6 nitrogen and oxygen atoms in total. The number of benzene rings is 2. The first-order chi connectivity index (χ1) is 11.0. The average molecular weight is 353 g/mol. The van der Waals surface area contributed by atoms with E-state index in [1.54, 1.807) is 18.2 Å². The summed E-state index contributed by atoms with van der Waals surface area (Å²) in [4.78, 5) is 12.0. The zero-order chi connectivity index (χ0) is 16.4. The zero-order valence-electron chi connectivity index (χ0n) is 11.5. The van der Waals surface area contributed by atoms with E-state index in [4.69, 9.17) is 32.7 Å². The lowest BCUT2D eigenvalue weighted by Crippen LogP contribution is -2.17. The van der Waals surface area contributed by atoms with Gasteiger partial charge >= 0.3 is 0 Å². The van der Waals surface area contributed by atoms with Crippen LogP contribution in [0.5, 0.6) is 17.2 Å². The highest BCUT2D eigenvalue weighted by atomic mass is 35.5.